The SMILES string of the molecule is Fc1ccc(OCc2occc2CNC2CC2)c(Br)c1. The van der Waals surface area contributed by atoms with Crippen LogP contribution in [0.25, 0.3) is 0 Å². The van der Waals surface area contributed by atoms with Gasteiger partial charge in [0, 0.05) is 18.2 Å². The molecule has 3 nitrogen and oxygen atoms in total. The summed E-state index contributed by atoms with van der Waals surface area (Å²) in [5, 5.41) is 3.44. The van der Waals surface area contributed by atoms with Crippen LogP contribution in [0.1, 0.15) is 24.2 Å². The molecular formula is C15H15BrFNO2. The third-order valence-electron chi connectivity index (χ3n) is 3.25. The molecule has 1 saturated carbocycles. The molecule has 3 rings (SSSR count). The number of nitrogens with one attached hydrogen (secondary N) is 1. The van der Waals surface area contributed by atoms with Crippen molar-refractivity contribution in [2.75, 3.05) is 0 Å². The van der Waals surface area contributed by atoms with Crippen molar-refractivity contribution in [2.24, 2.45) is 0 Å². The largest absolute Gasteiger partial charge is 0.484 e. The molecule has 1 N–H and O–H groups in total. The minimum absolute atomic E-state index is 0.295. The van der Waals surface area contributed by atoms with E-state index in [0.717, 1.165) is 17.9 Å². The lowest BCUT2D eigenvalue weighted by atomic mass is 10.2. The minimum atomic E-state index is -0.295. The van der Waals surface area contributed by atoms with E-state index in [1.54, 1.807) is 12.3 Å². The van der Waals surface area contributed by atoms with Gasteiger partial charge >= 0.3 is 0 Å². The van der Waals surface area contributed by atoms with E-state index in [0.29, 0.717) is 22.9 Å². The Kier molecular flexibility index (Phi) is 4.08. The van der Waals surface area contributed by atoms with Gasteiger partial charge in [-0.15, -0.1) is 0 Å². The van der Waals surface area contributed by atoms with Gasteiger partial charge in [-0.1, -0.05) is 0 Å². The zero-order valence-electron chi connectivity index (χ0n) is 10.9. The molecule has 106 valence electrons. The van der Waals surface area contributed by atoms with Crippen LogP contribution in [0.3, 0.4) is 0 Å². The Morgan fingerprint density at radius 1 is 1.35 bits per heavy atom. The first-order valence-electron chi connectivity index (χ1n) is 6.59. The maximum atomic E-state index is 13.0. The molecule has 2 aromatic rings. The molecular weight excluding hydrogens is 325 g/mol. The quantitative estimate of drug-likeness (QED) is 0.863. The first-order chi connectivity index (χ1) is 9.72. The summed E-state index contributed by atoms with van der Waals surface area (Å²) in [4.78, 5) is 0. The molecule has 0 saturated heterocycles. The first-order valence-corrected chi connectivity index (χ1v) is 7.38. The molecule has 1 fully saturated rings. The Bertz CT molecular complexity index is 595. The number of benzene rings is 1. The monoisotopic (exact) mass is 339 g/mol. The van der Waals surface area contributed by atoms with Gasteiger partial charge in [-0.25, -0.2) is 4.39 Å². The highest BCUT2D eigenvalue weighted by molar-refractivity contribution is 9.10. The Balaban J connectivity index is 1.61. The van der Waals surface area contributed by atoms with E-state index in [1.165, 1.54) is 25.0 Å². The lowest BCUT2D eigenvalue weighted by molar-refractivity contribution is 0.266. The van der Waals surface area contributed by atoms with Crippen molar-refractivity contribution >= 4 is 15.9 Å². The van der Waals surface area contributed by atoms with Gasteiger partial charge in [0.1, 0.15) is 23.9 Å². The standard InChI is InChI=1S/C15H15BrFNO2/c16-13-7-11(17)1-4-14(13)20-9-15-10(5-6-19-15)8-18-12-2-3-12/h1,4-7,12,18H,2-3,8-9H2. The number of halogens is 2. The van der Waals surface area contributed by atoms with Gasteiger partial charge in [-0.05, 0) is 53.0 Å². The number of ether oxygens (including phenoxy) is 1. The molecule has 0 bridgehead atoms. The summed E-state index contributed by atoms with van der Waals surface area (Å²) < 4.78 is 24.7. The van der Waals surface area contributed by atoms with Crippen LogP contribution < -0.4 is 10.1 Å². The Morgan fingerprint density at radius 3 is 2.95 bits per heavy atom. The summed E-state index contributed by atoms with van der Waals surface area (Å²) in [7, 11) is 0. The van der Waals surface area contributed by atoms with E-state index in [2.05, 4.69) is 21.2 Å². The molecule has 20 heavy (non-hydrogen) atoms. The molecule has 5 heteroatoms. The molecule has 0 unspecified atom stereocenters. The van der Waals surface area contributed by atoms with Crippen LogP contribution in [0.15, 0.2) is 39.4 Å². The third kappa shape index (κ3) is 3.41. The molecule has 0 amide bonds. The van der Waals surface area contributed by atoms with Gasteiger partial charge < -0.3 is 14.5 Å². The van der Waals surface area contributed by atoms with Crippen LogP contribution >= 0.6 is 15.9 Å². The zero-order valence-corrected chi connectivity index (χ0v) is 12.5. The van der Waals surface area contributed by atoms with Crippen LogP contribution in [-0.2, 0) is 13.2 Å². The van der Waals surface area contributed by atoms with Gasteiger partial charge in [0.05, 0.1) is 10.7 Å². The van der Waals surface area contributed by atoms with Gasteiger partial charge in [0.15, 0.2) is 0 Å². The van der Waals surface area contributed by atoms with E-state index < -0.39 is 0 Å². The molecule has 1 aromatic heterocycles. The van der Waals surface area contributed by atoms with E-state index in [1.807, 2.05) is 6.07 Å². The number of rotatable bonds is 6. The fourth-order valence-corrected chi connectivity index (χ4v) is 2.39. The second kappa shape index (κ2) is 5.97. The lowest BCUT2D eigenvalue weighted by Gasteiger charge is -2.08. The summed E-state index contributed by atoms with van der Waals surface area (Å²) in [6, 6.07) is 6.97. The van der Waals surface area contributed by atoms with Crippen molar-refractivity contribution < 1.29 is 13.5 Å². The van der Waals surface area contributed by atoms with Crippen LogP contribution in [0, 0.1) is 5.82 Å². The first kappa shape index (κ1) is 13.6. The highest BCUT2D eigenvalue weighted by Gasteiger charge is 2.21. The fourth-order valence-electron chi connectivity index (χ4n) is 1.93. The van der Waals surface area contributed by atoms with Crippen molar-refractivity contribution in [1.29, 1.82) is 0 Å². The average Bonchev–Trinajstić information content (AvgIpc) is 3.14. The Hall–Kier alpha value is -1.33. The van der Waals surface area contributed by atoms with Gasteiger partial charge in [-0.2, -0.15) is 0 Å². The summed E-state index contributed by atoms with van der Waals surface area (Å²) in [5.74, 6) is 1.11. The molecule has 1 aromatic carbocycles. The van der Waals surface area contributed by atoms with E-state index >= 15 is 0 Å². The van der Waals surface area contributed by atoms with E-state index in [4.69, 9.17) is 9.15 Å². The maximum absolute atomic E-state index is 13.0. The van der Waals surface area contributed by atoms with Gasteiger partial charge in [0.25, 0.3) is 0 Å². The molecule has 1 aliphatic rings. The normalized spacial score (nSPS) is 14.5. The van der Waals surface area contributed by atoms with Crippen LogP contribution in [0.5, 0.6) is 5.75 Å². The molecule has 0 aliphatic heterocycles. The fraction of sp³-hybridized carbons (Fsp3) is 0.333. The average molecular weight is 340 g/mol. The minimum Gasteiger partial charge on any atom is -0.484 e. The third-order valence-corrected chi connectivity index (χ3v) is 3.87. The number of hydrogen-bond donors (Lipinski definition) is 1. The Labute approximate surface area is 125 Å². The predicted octanol–water partition coefficient (Wildman–Crippen LogP) is 4.01. The van der Waals surface area contributed by atoms with Crippen molar-refractivity contribution in [3.05, 3.63) is 52.1 Å². The molecule has 0 atom stereocenters. The maximum Gasteiger partial charge on any atom is 0.146 e. The molecule has 0 spiro atoms. The zero-order chi connectivity index (χ0) is 13.9. The molecule has 0 radical (unpaired) electrons. The van der Waals surface area contributed by atoms with Crippen LogP contribution in [0.2, 0.25) is 0 Å². The molecule has 1 heterocycles. The van der Waals surface area contributed by atoms with Crippen LogP contribution in [0.4, 0.5) is 4.39 Å². The lowest BCUT2D eigenvalue weighted by Crippen LogP contribution is -2.16. The second-order valence-electron chi connectivity index (χ2n) is 4.89. The summed E-state index contributed by atoms with van der Waals surface area (Å²) in [6.07, 6.45) is 4.18. The van der Waals surface area contributed by atoms with Crippen LogP contribution in [-0.4, -0.2) is 6.04 Å². The summed E-state index contributed by atoms with van der Waals surface area (Å²) in [6.45, 7) is 1.13. The smallest absolute Gasteiger partial charge is 0.146 e. The predicted molar refractivity (Wildman–Crippen MR) is 77.0 cm³/mol. The van der Waals surface area contributed by atoms with Crippen molar-refractivity contribution in [1.82, 2.24) is 5.32 Å². The van der Waals surface area contributed by atoms with E-state index in [-0.39, 0.29) is 5.82 Å². The summed E-state index contributed by atoms with van der Waals surface area (Å²) in [5.41, 5.74) is 1.11. The van der Waals surface area contributed by atoms with Gasteiger partial charge in [0.2, 0.25) is 0 Å². The highest BCUT2D eigenvalue weighted by Crippen LogP contribution is 2.27. The van der Waals surface area contributed by atoms with Crippen molar-refractivity contribution in [3.8, 4) is 5.75 Å². The summed E-state index contributed by atoms with van der Waals surface area (Å²) >= 11 is 3.28. The van der Waals surface area contributed by atoms with Gasteiger partial charge in [-0.3, -0.25) is 0 Å². The topological polar surface area (TPSA) is 34.4 Å². The molecule has 1 aliphatic carbocycles. The van der Waals surface area contributed by atoms with Crippen molar-refractivity contribution in [2.45, 2.75) is 32.0 Å². The Morgan fingerprint density at radius 2 is 2.20 bits per heavy atom. The van der Waals surface area contributed by atoms with E-state index in [9.17, 15) is 4.39 Å². The highest BCUT2D eigenvalue weighted by atomic mass is 79.9. The number of furan rings is 1. The second-order valence-corrected chi connectivity index (χ2v) is 5.74. The van der Waals surface area contributed by atoms with Crippen molar-refractivity contribution in [3.63, 3.8) is 0 Å². The number of hydrogen-bond acceptors (Lipinski definition) is 3.